The van der Waals surface area contributed by atoms with E-state index in [9.17, 15) is 4.79 Å². The monoisotopic (exact) mass is 456 g/mol. The normalized spacial score (nSPS) is 11.9. The minimum atomic E-state index is -0.511. The van der Waals surface area contributed by atoms with Crippen molar-refractivity contribution in [3.63, 3.8) is 0 Å². The molecule has 2 N–H and O–H groups in total. The maximum absolute atomic E-state index is 11.8. The predicted molar refractivity (Wildman–Crippen MR) is 111 cm³/mol. The number of aromatic amines is 1. The maximum Gasteiger partial charge on any atom is 0.407 e. The minimum absolute atomic E-state index is 0.418. The molecule has 0 unspecified atom stereocenters. The van der Waals surface area contributed by atoms with E-state index >= 15 is 0 Å². The minimum Gasteiger partial charge on any atom is -0.444 e. The van der Waals surface area contributed by atoms with Crippen LogP contribution in [0.2, 0.25) is 10.0 Å². The molecule has 4 nitrogen and oxygen atoms in total. The van der Waals surface area contributed by atoms with Gasteiger partial charge < -0.3 is 15.0 Å². The molecule has 0 fully saturated rings. The Morgan fingerprint density at radius 2 is 1.85 bits per heavy atom. The molecule has 1 heterocycles. The molecule has 3 rings (SSSR count). The fourth-order valence-corrected chi connectivity index (χ4v) is 3.67. The second-order valence-electron chi connectivity index (χ2n) is 7.10. The van der Waals surface area contributed by atoms with E-state index in [1.54, 1.807) is 0 Å². The number of halogens is 3. The van der Waals surface area contributed by atoms with Crippen molar-refractivity contribution >= 4 is 67.0 Å². The fourth-order valence-electron chi connectivity index (χ4n) is 2.84. The Morgan fingerprint density at radius 1 is 1.15 bits per heavy atom. The second kappa shape index (κ2) is 7.29. The zero-order valence-electron chi connectivity index (χ0n) is 14.7. The van der Waals surface area contributed by atoms with Crippen LogP contribution in [0.15, 0.2) is 28.7 Å². The quantitative estimate of drug-likeness (QED) is 0.474. The first kappa shape index (κ1) is 19.3. The number of alkyl carbamates (subject to hydrolysis) is 1. The highest BCUT2D eigenvalue weighted by molar-refractivity contribution is 9.10. The molecular weight excluding hydrogens is 439 g/mol. The molecule has 1 aromatic heterocycles. The lowest BCUT2D eigenvalue weighted by Gasteiger charge is -2.19. The van der Waals surface area contributed by atoms with E-state index in [4.69, 9.17) is 27.9 Å². The van der Waals surface area contributed by atoms with E-state index in [1.807, 2.05) is 45.0 Å². The van der Waals surface area contributed by atoms with E-state index in [0.29, 0.717) is 23.0 Å². The van der Waals surface area contributed by atoms with Crippen LogP contribution in [0.3, 0.4) is 0 Å². The highest BCUT2D eigenvalue weighted by Gasteiger charge is 2.16. The molecule has 0 aliphatic rings. The Hall–Kier alpha value is -1.43. The molecule has 138 valence electrons. The van der Waals surface area contributed by atoms with Crippen molar-refractivity contribution in [2.45, 2.75) is 32.8 Å². The standard InChI is InChI=1S/C19H19BrCl2N2O2/c1-19(2,3)26-18(25)23-5-4-10-6-11(20)7-13-12-8-14(21)15(22)9-16(12)24-17(10)13/h6-9,24H,4-5H2,1-3H3,(H,23,25). The third kappa shape index (κ3) is 4.27. The summed E-state index contributed by atoms with van der Waals surface area (Å²) < 4.78 is 6.23. The van der Waals surface area contributed by atoms with E-state index in [-0.39, 0.29) is 0 Å². The van der Waals surface area contributed by atoms with Crippen LogP contribution in [0.4, 0.5) is 4.79 Å². The number of hydrogen-bond acceptors (Lipinski definition) is 2. The molecule has 0 saturated heterocycles. The van der Waals surface area contributed by atoms with Crippen LogP contribution in [0.5, 0.6) is 0 Å². The summed E-state index contributed by atoms with van der Waals surface area (Å²) in [6, 6.07) is 7.78. The van der Waals surface area contributed by atoms with Crippen molar-refractivity contribution in [2.24, 2.45) is 0 Å². The van der Waals surface area contributed by atoms with Gasteiger partial charge in [0.25, 0.3) is 0 Å². The number of fused-ring (bicyclic) bond motifs is 3. The lowest BCUT2D eigenvalue weighted by molar-refractivity contribution is 0.0528. The van der Waals surface area contributed by atoms with Crippen molar-refractivity contribution in [3.05, 3.63) is 44.3 Å². The number of rotatable bonds is 3. The van der Waals surface area contributed by atoms with Gasteiger partial charge in [0.15, 0.2) is 0 Å². The Labute approximate surface area is 170 Å². The molecule has 0 spiro atoms. The van der Waals surface area contributed by atoms with Gasteiger partial charge in [0.05, 0.1) is 10.0 Å². The molecular formula is C19H19BrCl2N2O2. The largest absolute Gasteiger partial charge is 0.444 e. The van der Waals surface area contributed by atoms with Crippen molar-refractivity contribution in [2.75, 3.05) is 6.54 Å². The van der Waals surface area contributed by atoms with Gasteiger partial charge in [0.2, 0.25) is 0 Å². The van der Waals surface area contributed by atoms with E-state index in [2.05, 4.69) is 26.2 Å². The molecule has 26 heavy (non-hydrogen) atoms. The van der Waals surface area contributed by atoms with Gasteiger partial charge in [-0.05, 0) is 57.0 Å². The third-order valence-corrected chi connectivity index (χ3v) is 5.04. The second-order valence-corrected chi connectivity index (χ2v) is 8.83. The van der Waals surface area contributed by atoms with E-state index in [1.165, 1.54) is 0 Å². The molecule has 0 aliphatic heterocycles. The fraction of sp³-hybridized carbons (Fsp3) is 0.316. The van der Waals surface area contributed by atoms with E-state index in [0.717, 1.165) is 31.8 Å². The van der Waals surface area contributed by atoms with Crippen LogP contribution < -0.4 is 5.32 Å². The van der Waals surface area contributed by atoms with Crippen molar-refractivity contribution in [3.8, 4) is 0 Å². The maximum atomic E-state index is 11.8. The first-order valence-corrected chi connectivity index (χ1v) is 9.74. The van der Waals surface area contributed by atoms with Crippen molar-refractivity contribution < 1.29 is 9.53 Å². The summed E-state index contributed by atoms with van der Waals surface area (Å²) in [5.41, 5.74) is 2.50. The average Bonchev–Trinajstić information content (AvgIpc) is 2.84. The zero-order chi connectivity index (χ0) is 19.1. The Bertz CT molecular complexity index is 993. The van der Waals surface area contributed by atoms with Gasteiger partial charge in [-0.25, -0.2) is 4.79 Å². The Morgan fingerprint density at radius 3 is 2.54 bits per heavy atom. The van der Waals surface area contributed by atoms with E-state index < -0.39 is 11.7 Å². The first-order chi connectivity index (χ1) is 12.1. The number of benzene rings is 2. The summed E-state index contributed by atoms with van der Waals surface area (Å²) >= 11 is 15.9. The van der Waals surface area contributed by atoms with Gasteiger partial charge in [0, 0.05) is 32.8 Å². The molecule has 0 bridgehead atoms. The number of carbonyl (C=O) groups is 1. The molecule has 0 radical (unpaired) electrons. The van der Waals surface area contributed by atoms with Crippen LogP contribution in [0.1, 0.15) is 26.3 Å². The third-order valence-electron chi connectivity index (χ3n) is 3.86. The molecule has 1 amide bonds. The average molecular weight is 458 g/mol. The van der Waals surface area contributed by atoms with Crippen molar-refractivity contribution in [1.29, 1.82) is 0 Å². The number of H-pyrrole nitrogens is 1. The first-order valence-electron chi connectivity index (χ1n) is 8.20. The predicted octanol–water partition coefficient (Wildman–Crippen LogP) is 6.46. The molecule has 0 saturated carbocycles. The SMILES string of the molecule is CC(C)(C)OC(=O)NCCc1cc(Br)cc2c1[nH]c1cc(Cl)c(Cl)cc12. The summed E-state index contributed by atoms with van der Waals surface area (Å²) in [5.74, 6) is 0. The number of nitrogens with one attached hydrogen (secondary N) is 2. The van der Waals surface area contributed by atoms with Crippen LogP contribution in [0.25, 0.3) is 21.8 Å². The number of carbonyl (C=O) groups excluding carboxylic acids is 1. The lowest BCUT2D eigenvalue weighted by atomic mass is 10.1. The number of aromatic nitrogens is 1. The zero-order valence-corrected chi connectivity index (χ0v) is 17.8. The molecule has 7 heteroatoms. The van der Waals surface area contributed by atoms with Gasteiger partial charge in [-0.2, -0.15) is 0 Å². The van der Waals surface area contributed by atoms with Gasteiger partial charge in [-0.15, -0.1) is 0 Å². The van der Waals surface area contributed by atoms with Gasteiger partial charge in [0.1, 0.15) is 5.60 Å². The topological polar surface area (TPSA) is 54.1 Å². The number of hydrogen-bond donors (Lipinski definition) is 2. The highest BCUT2D eigenvalue weighted by atomic mass is 79.9. The van der Waals surface area contributed by atoms with Gasteiger partial charge in [-0.1, -0.05) is 39.1 Å². The summed E-state index contributed by atoms with van der Waals surface area (Å²) in [6.45, 7) is 5.98. The molecule has 3 aromatic rings. The van der Waals surface area contributed by atoms with Crippen LogP contribution in [-0.2, 0) is 11.2 Å². The summed E-state index contributed by atoms with van der Waals surface area (Å²) in [4.78, 5) is 15.2. The van der Waals surface area contributed by atoms with Crippen molar-refractivity contribution in [1.82, 2.24) is 10.3 Å². The number of ether oxygens (including phenoxy) is 1. The number of amides is 1. The summed E-state index contributed by atoms with van der Waals surface area (Å²) in [5, 5.41) is 5.89. The van der Waals surface area contributed by atoms with Crippen LogP contribution in [0, 0.1) is 0 Å². The Balaban J connectivity index is 1.88. The molecule has 0 atom stereocenters. The Kier molecular flexibility index (Phi) is 5.42. The highest BCUT2D eigenvalue weighted by Crippen LogP contribution is 2.35. The van der Waals surface area contributed by atoms with Crippen LogP contribution in [-0.4, -0.2) is 23.2 Å². The summed E-state index contributed by atoms with van der Waals surface area (Å²) in [7, 11) is 0. The van der Waals surface area contributed by atoms with Gasteiger partial charge in [-0.3, -0.25) is 0 Å². The lowest BCUT2D eigenvalue weighted by Crippen LogP contribution is -2.33. The van der Waals surface area contributed by atoms with Crippen LogP contribution >= 0.6 is 39.1 Å². The molecule has 2 aromatic carbocycles. The molecule has 0 aliphatic carbocycles. The summed E-state index contributed by atoms with van der Waals surface area (Å²) in [6.07, 6.45) is 0.239. The smallest absolute Gasteiger partial charge is 0.407 e. The van der Waals surface area contributed by atoms with Gasteiger partial charge >= 0.3 is 6.09 Å².